The van der Waals surface area contributed by atoms with Crippen LogP contribution in [0, 0.1) is 5.82 Å². The van der Waals surface area contributed by atoms with E-state index in [1.807, 2.05) is 32.0 Å². The third kappa shape index (κ3) is 3.41. The van der Waals surface area contributed by atoms with Gasteiger partial charge in [0.25, 0.3) is 0 Å². The molecule has 0 aromatic heterocycles. The van der Waals surface area contributed by atoms with Crippen molar-refractivity contribution in [2.75, 3.05) is 32.7 Å². The van der Waals surface area contributed by atoms with Crippen LogP contribution >= 0.6 is 0 Å². The number of anilines is 1. The smallest absolute Gasteiger partial charge is 0.146 e. The molecular weight excluding hydrogens is 219 g/mol. The zero-order chi connectivity index (χ0) is 12.8. The second kappa shape index (κ2) is 6.57. The Hall–Kier alpha value is -1.13. The van der Waals surface area contributed by atoms with E-state index in [-0.39, 0.29) is 11.9 Å². The molecule has 0 aliphatic carbocycles. The van der Waals surface area contributed by atoms with Gasteiger partial charge in [-0.15, -0.1) is 0 Å². The van der Waals surface area contributed by atoms with Crippen LogP contribution in [0.15, 0.2) is 18.2 Å². The first-order valence-corrected chi connectivity index (χ1v) is 5.75. The number of methoxy groups -OCH3 is 1. The molecule has 96 valence electrons. The number of para-hydroxylation sites is 1. The number of nitrogens with one attached hydrogen (secondary N) is 1. The van der Waals surface area contributed by atoms with Crippen LogP contribution in [0.1, 0.15) is 12.5 Å². The molecule has 1 rings (SSSR count). The number of hydrogen-bond acceptors (Lipinski definition) is 3. The molecular formula is C13H21FN2O. The highest BCUT2D eigenvalue weighted by atomic mass is 19.1. The highest BCUT2D eigenvalue weighted by molar-refractivity contribution is 5.55. The van der Waals surface area contributed by atoms with E-state index in [0.29, 0.717) is 18.8 Å². The van der Waals surface area contributed by atoms with Gasteiger partial charge in [-0.2, -0.15) is 0 Å². The summed E-state index contributed by atoms with van der Waals surface area (Å²) in [7, 11) is 5.40. The number of nitrogens with zero attached hydrogens (tertiary/aromatic N) is 1. The lowest BCUT2D eigenvalue weighted by Gasteiger charge is -2.29. The van der Waals surface area contributed by atoms with E-state index < -0.39 is 0 Å². The standard InChI is InChI=1S/C13H21FN2O/c1-10(9-17-4)16(3)13-11(8-15-2)6-5-7-12(13)14/h5-7,10,15H,8-9H2,1-4H3. The summed E-state index contributed by atoms with van der Waals surface area (Å²) in [6, 6.07) is 5.29. The summed E-state index contributed by atoms with van der Waals surface area (Å²) in [4.78, 5) is 1.92. The van der Waals surface area contributed by atoms with Crippen molar-refractivity contribution < 1.29 is 9.13 Å². The van der Waals surface area contributed by atoms with E-state index in [4.69, 9.17) is 4.74 Å². The number of halogens is 1. The van der Waals surface area contributed by atoms with Crippen LogP contribution in [0.4, 0.5) is 10.1 Å². The third-order valence-corrected chi connectivity index (χ3v) is 2.86. The Balaban J connectivity index is 3.01. The summed E-state index contributed by atoms with van der Waals surface area (Å²) < 4.78 is 19.0. The molecule has 17 heavy (non-hydrogen) atoms. The molecule has 4 heteroatoms. The molecule has 1 aromatic rings. The van der Waals surface area contributed by atoms with Gasteiger partial charge in [0.2, 0.25) is 0 Å². The number of rotatable bonds is 6. The van der Waals surface area contributed by atoms with E-state index in [1.165, 1.54) is 6.07 Å². The number of benzene rings is 1. The van der Waals surface area contributed by atoms with Crippen molar-refractivity contribution in [3.05, 3.63) is 29.6 Å². The second-order valence-electron chi connectivity index (χ2n) is 4.19. The van der Waals surface area contributed by atoms with Crippen molar-refractivity contribution >= 4 is 5.69 Å². The lowest BCUT2D eigenvalue weighted by molar-refractivity contribution is 0.183. The molecule has 1 atom stereocenters. The SMILES string of the molecule is CNCc1cccc(F)c1N(C)C(C)COC. The maximum atomic E-state index is 13.9. The normalized spacial score (nSPS) is 12.5. The molecule has 0 aliphatic rings. The van der Waals surface area contributed by atoms with Crippen LogP contribution in [0.2, 0.25) is 0 Å². The van der Waals surface area contributed by atoms with Crippen LogP contribution in [-0.4, -0.2) is 33.9 Å². The maximum absolute atomic E-state index is 13.9. The molecule has 0 aliphatic heterocycles. The van der Waals surface area contributed by atoms with Crippen molar-refractivity contribution in [3.8, 4) is 0 Å². The average molecular weight is 240 g/mol. The molecule has 0 bridgehead atoms. The lowest BCUT2D eigenvalue weighted by Crippen LogP contribution is -2.34. The Morgan fingerprint density at radius 2 is 2.18 bits per heavy atom. The summed E-state index contributed by atoms with van der Waals surface area (Å²) in [5.41, 5.74) is 1.60. The van der Waals surface area contributed by atoms with Gasteiger partial charge in [0, 0.05) is 26.7 Å². The van der Waals surface area contributed by atoms with Gasteiger partial charge in [0.1, 0.15) is 5.82 Å². The Bertz CT molecular complexity index is 357. The minimum Gasteiger partial charge on any atom is -0.383 e. The van der Waals surface area contributed by atoms with Gasteiger partial charge in [-0.05, 0) is 25.6 Å². The zero-order valence-corrected chi connectivity index (χ0v) is 11.0. The Kier molecular flexibility index (Phi) is 5.38. The van der Waals surface area contributed by atoms with Crippen molar-refractivity contribution in [1.82, 2.24) is 5.32 Å². The summed E-state index contributed by atoms with van der Waals surface area (Å²) in [5, 5.41) is 3.05. The van der Waals surface area contributed by atoms with Gasteiger partial charge in [-0.25, -0.2) is 4.39 Å². The monoisotopic (exact) mass is 240 g/mol. The summed E-state index contributed by atoms with van der Waals surface area (Å²) >= 11 is 0. The van der Waals surface area contributed by atoms with E-state index in [9.17, 15) is 4.39 Å². The second-order valence-corrected chi connectivity index (χ2v) is 4.19. The molecule has 3 nitrogen and oxygen atoms in total. The van der Waals surface area contributed by atoms with E-state index in [0.717, 1.165) is 5.56 Å². The molecule has 1 unspecified atom stereocenters. The highest BCUT2D eigenvalue weighted by Gasteiger charge is 2.17. The fraction of sp³-hybridized carbons (Fsp3) is 0.538. The number of likely N-dealkylation sites (N-methyl/N-ethyl adjacent to an activating group) is 1. The molecule has 1 N–H and O–H groups in total. The van der Waals surface area contributed by atoms with Crippen LogP contribution in [0.5, 0.6) is 0 Å². The highest BCUT2D eigenvalue weighted by Crippen LogP contribution is 2.25. The average Bonchev–Trinajstić information content (AvgIpc) is 2.29. The minimum atomic E-state index is -0.191. The van der Waals surface area contributed by atoms with Gasteiger partial charge >= 0.3 is 0 Å². The van der Waals surface area contributed by atoms with Gasteiger partial charge in [0.05, 0.1) is 12.3 Å². The zero-order valence-electron chi connectivity index (χ0n) is 11.0. The van der Waals surface area contributed by atoms with Crippen molar-refractivity contribution in [1.29, 1.82) is 0 Å². The van der Waals surface area contributed by atoms with Crippen molar-refractivity contribution in [2.45, 2.75) is 19.5 Å². The lowest BCUT2D eigenvalue weighted by atomic mass is 10.1. The van der Waals surface area contributed by atoms with E-state index in [1.54, 1.807) is 13.2 Å². The molecule has 0 spiro atoms. The topological polar surface area (TPSA) is 24.5 Å². The van der Waals surface area contributed by atoms with E-state index in [2.05, 4.69) is 5.32 Å². The predicted octanol–water partition coefficient (Wildman–Crippen LogP) is 2.02. The Morgan fingerprint density at radius 1 is 1.47 bits per heavy atom. The molecule has 0 radical (unpaired) electrons. The molecule has 0 amide bonds. The van der Waals surface area contributed by atoms with Gasteiger partial charge in [-0.1, -0.05) is 12.1 Å². The predicted molar refractivity (Wildman–Crippen MR) is 68.9 cm³/mol. The number of hydrogen-bond donors (Lipinski definition) is 1. The summed E-state index contributed by atoms with van der Waals surface area (Å²) in [6.07, 6.45) is 0. The van der Waals surface area contributed by atoms with Crippen LogP contribution in [-0.2, 0) is 11.3 Å². The molecule has 0 saturated heterocycles. The van der Waals surface area contributed by atoms with E-state index >= 15 is 0 Å². The van der Waals surface area contributed by atoms with Crippen LogP contribution in [0.25, 0.3) is 0 Å². The molecule has 1 aromatic carbocycles. The van der Waals surface area contributed by atoms with Crippen LogP contribution < -0.4 is 10.2 Å². The summed E-state index contributed by atoms with van der Waals surface area (Å²) in [5.74, 6) is -0.191. The van der Waals surface area contributed by atoms with Crippen molar-refractivity contribution in [2.24, 2.45) is 0 Å². The first-order chi connectivity index (χ1) is 8.11. The quantitative estimate of drug-likeness (QED) is 0.823. The largest absolute Gasteiger partial charge is 0.383 e. The first kappa shape index (κ1) is 13.9. The Labute approximate surface area is 103 Å². The molecule has 0 fully saturated rings. The first-order valence-electron chi connectivity index (χ1n) is 5.75. The third-order valence-electron chi connectivity index (χ3n) is 2.86. The molecule has 0 saturated carbocycles. The van der Waals surface area contributed by atoms with Gasteiger partial charge in [-0.3, -0.25) is 0 Å². The minimum absolute atomic E-state index is 0.132. The van der Waals surface area contributed by atoms with Crippen LogP contribution in [0.3, 0.4) is 0 Å². The van der Waals surface area contributed by atoms with Crippen molar-refractivity contribution in [3.63, 3.8) is 0 Å². The summed E-state index contributed by atoms with van der Waals surface area (Å²) in [6.45, 7) is 3.24. The maximum Gasteiger partial charge on any atom is 0.146 e. The fourth-order valence-electron chi connectivity index (χ4n) is 1.86. The number of ether oxygens (including phenoxy) is 1. The Morgan fingerprint density at radius 3 is 2.76 bits per heavy atom. The molecule has 0 heterocycles. The van der Waals surface area contributed by atoms with Gasteiger partial charge < -0.3 is 15.0 Å². The van der Waals surface area contributed by atoms with Gasteiger partial charge in [0.15, 0.2) is 0 Å². The fourth-order valence-corrected chi connectivity index (χ4v) is 1.86.